The van der Waals surface area contributed by atoms with E-state index in [-0.39, 0.29) is 11.5 Å². The highest BCUT2D eigenvalue weighted by atomic mass is 32.2. The number of carbonyl (C=O) groups is 1. The number of nitrogens with one attached hydrogen (secondary N) is 2. The Labute approximate surface area is 116 Å². The van der Waals surface area contributed by atoms with Crippen molar-refractivity contribution in [3.05, 3.63) is 29.8 Å². The van der Waals surface area contributed by atoms with E-state index in [1.54, 1.807) is 24.3 Å². The Balaban J connectivity index is 1.92. The van der Waals surface area contributed by atoms with Crippen molar-refractivity contribution in [1.29, 1.82) is 0 Å². The molecule has 2 rings (SSSR count). The highest BCUT2D eigenvalue weighted by Crippen LogP contribution is 2.13. The Bertz CT molecular complexity index is 584. The molecule has 1 aromatic rings. The van der Waals surface area contributed by atoms with Gasteiger partial charge in [-0.2, -0.15) is 0 Å². The summed E-state index contributed by atoms with van der Waals surface area (Å²) >= 11 is 0. The molecule has 1 aliphatic rings. The number of methoxy groups -OCH3 is 1. The molecule has 1 aromatic carbocycles. The number of hydrazine groups is 1. The highest BCUT2D eigenvalue weighted by molar-refractivity contribution is 7.91. The molecule has 8 heteroatoms. The maximum absolute atomic E-state index is 11.8. The van der Waals surface area contributed by atoms with Gasteiger partial charge >= 0.3 is 0 Å². The average Bonchev–Trinajstić information content (AvgIpc) is 2.69. The average molecular weight is 300 g/mol. The van der Waals surface area contributed by atoms with E-state index >= 15 is 0 Å². The second-order valence-electron chi connectivity index (χ2n) is 4.58. The summed E-state index contributed by atoms with van der Waals surface area (Å²) in [6, 6.07) is 5.75. The first-order chi connectivity index (χ1) is 9.41. The topological polar surface area (TPSA) is 105 Å². The molecule has 0 saturated carbocycles. The van der Waals surface area contributed by atoms with Crippen molar-refractivity contribution >= 4 is 15.7 Å². The molecule has 1 amide bonds. The number of aliphatic hydroxyl groups excluding tert-OH is 1. The molecule has 1 aliphatic heterocycles. The lowest BCUT2D eigenvalue weighted by atomic mass is 10.2. The van der Waals surface area contributed by atoms with Gasteiger partial charge in [-0.25, -0.2) is 13.8 Å². The lowest BCUT2D eigenvalue weighted by molar-refractivity contribution is 0.0901. The number of carbonyl (C=O) groups excluding carboxylic acids is 1. The van der Waals surface area contributed by atoms with Gasteiger partial charge in [0.25, 0.3) is 5.91 Å². The van der Waals surface area contributed by atoms with Crippen molar-refractivity contribution in [3.8, 4) is 5.75 Å². The van der Waals surface area contributed by atoms with E-state index in [9.17, 15) is 18.3 Å². The molecule has 110 valence electrons. The summed E-state index contributed by atoms with van der Waals surface area (Å²) in [5.74, 6) is -0.267. The van der Waals surface area contributed by atoms with Crippen LogP contribution >= 0.6 is 0 Å². The zero-order chi connectivity index (χ0) is 14.8. The number of hydrogen-bond acceptors (Lipinski definition) is 6. The zero-order valence-electron chi connectivity index (χ0n) is 10.9. The van der Waals surface area contributed by atoms with Gasteiger partial charge in [0.15, 0.2) is 9.84 Å². The van der Waals surface area contributed by atoms with Crippen LogP contribution in [0.5, 0.6) is 5.75 Å². The Kier molecular flexibility index (Phi) is 4.26. The second kappa shape index (κ2) is 5.78. The standard InChI is InChI=1S/C12H16N2O5S/c1-19-9-4-2-8(3-5-9)12(16)14-13-10-6-20(17,18)7-11(10)15/h2-5,10-11,13,15H,6-7H2,1H3,(H,14,16)/t10-,11-/m1/s1. The van der Waals surface area contributed by atoms with Gasteiger partial charge in [-0.15, -0.1) is 0 Å². The minimum atomic E-state index is -3.25. The smallest absolute Gasteiger partial charge is 0.265 e. The van der Waals surface area contributed by atoms with Gasteiger partial charge < -0.3 is 9.84 Å². The van der Waals surface area contributed by atoms with Crippen LogP contribution in [-0.2, 0) is 9.84 Å². The third-order valence-electron chi connectivity index (χ3n) is 3.05. The molecule has 1 saturated heterocycles. The number of amides is 1. The van der Waals surface area contributed by atoms with E-state index in [2.05, 4.69) is 10.9 Å². The minimum absolute atomic E-state index is 0.197. The van der Waals surface area contributed by atoms with Crippen molar-refractivity contribution in [2.45, 2.75) is 12.1 Å². The second-order valence-corrected chi connectivity index (χ2v) is 6.73. The summed E-state index contributed by atoms with van der Waals surface area (Å²) in [7, 11) is -1.72. The van der Waals surface area contributed by atoms with E-state index in [4.69, 9.17) is 4.74 Å². The van der Waals surface area contributed by atoms with E-state index in [0.717, 1.165) is 0 Å². The van der Waals surface area contributed by atoms with Crippen LogP contribution in [0.25, 0.3) is 0 Å². The molecular formula is C12H16N2O5S. The number of rotatable bonds is 4. The van der Waals surface area contributed by atoms with E-state index in [1.807, 2.05) is 0 Å². The third-order valence-corrected chi connectivity index (χ3v) is 4.76. The molecule has 1 fully saturated rings. The first-order valence-corrected chi connectivity index (χ1v) is 7.82. The van der Waals surface area contributed by atoms with Crippen LogP contribution in [-0.4, -0.2) is 50.2 Å². The summed E-state index contributed by atoms with van der Waals surface area (Å²) in [6.45, 7) is 0. The molecule has 3 N–H and O–H groups in total. The van der Waals surface area contributed by atoms with Crippen molar-refractivity contribution in [2.24, 2.45) is 0 Å². The largest absolute Gasteiger partial charge is 0.497 e. The van der Waals surface area contributed by atoms with Crippen LogP contribution in [0.4, 0.5) is 0 Å². The van der Waals surface area contributed by atoms with Crippen molar-refractivity contribution in [1.82, 2.24) is 10.9 Å². The van der Waals surface area contributed by atoms with E-state index in [1.165, 1.54) is 7.11 Å². The fraction of sp³-hybridized carbons (Fsp3) is 0.417. The number of hydrogen-bond donors (Lipinski definition) is 3. The molecule has 7 nitrogen and oxygen atoms in total. The number of sulfone groups is 1. The van der Waals surface area contributed by atoms with Gasteiger partial charge in [-0.05, 0) is 24.3 Å². The molecule has 0 radical (unpaired) electrons. The Morgan fingerprint density at radius 3 is 2.45 bits per heavy atom. The van der Waals surface area contributed by atoms with Crippen molar-refractivity contribution in [3.63, 3.8) is 0 Å². The molecule has 0 spiro atoms. The first-order valence-electron chi connectivity index (χ1n) is 6.00. The zero-order valence-corrected chi connectivity index (χ0v) is 11.7. The van der Waals surface area contributed by atoms with Gasteiger partial charge in [0, 0.05) is 5.56 Å². The molecular weight excluding hydrogens is 284 g/mol. The predicted molar refractivity (Wildman–Crippen MR) is 72.0 cm³/mol. The maximum atomic E-state index is 11.8. The molecule has 2 atom stereocenters. The maximum Gasteiger partial charge on any atom is 0.265 e. The number of benzene rings is 1. The quantitative estimate of drug-likeness (QED) is 0.622. The highest BCUT2D eigenvalue weighted by Gasteiger charge is 2.36. The van der Waals surface area contributed by atoms with Crippen molar-refractivity contribution < 1.29 is 23.1 Å². The van der Waals surface area contributed by atoms with Gasteiger partial charge in [-0.1, -0.05) is 0 Å². The molecule has 0 bridgehead atoms. The van der Waals surface area contributed by atoms with E-state index < -0.39 is 27.9 Å². The Morgan fingerprint density at radius 1 is 1.30 bits per heavy atom. The van der Waals surface area contributed by atoms with Crippen molar-refractivity contribution in [2.75, 3.05) is 18.6 Å². The molecule has 0 aromatic heterocycles. The SMILES string of the molecule is COc1ccc(C(=O)NN[C@@H]2CS(=O)(=O)C[C@H]2O)cc1. The molecule has 1 heterocycles. The normalized spacial score (nSPS) is 24.3. The van der Waals surface area contributed by atoms with Gasteiger partial charge in [0.2, 0.25) is 0 Å². The summed E-state index contributed by atoms with van der Waals surface area (Å²) in [5.41, 5.74) is 5.34. The van der Waals surface area contributed by atoms with Crippen LogP contribution in [0.3, 0.4) is 0 Å². The van der Waals surface area contributed by atoms with E-state index in [0.29, 0.717) is 11.3 Å². The summed E-state index contributed by atoms with van der Waals surface area (Å²) in [6.07, 6.45) is -1.02. The monoisotopic (exact) mass is 300 g/mol. The van der Waals surface area contributed by atoms with Gasteiger partial charge in [0.05, 0.1) is 30.8 Å². The Hall–Kier alpha value is -1.64. The predicted octanol–water partition coefficient (Wildman–Crippen LogP) is -0.912. The lowest BCUT2D eigenvalue weighted by Gasteiger charge is -2.15. The summed E-state index contributed by atoms with van der Waals surface area (Å²) in [4.78, 5) is 11.8. The fourth-order valence-electron chi connectivity index (χ4n) is 1.94. The molecule has 20 heavy (non-hydrogen) atoms. The number of aliphatic hydroxyl groups is 1. The summed E-state index contributed by atoms with van der Waals surface area (Å²) in [5, 5.41) is 9.57. The molecule has 0 unspecified atom stereocenters. The van der Waals surface area contributed by atoms with Gasteiger partial charge in [-0.3, -0.25) is 10.2 Å². The van der Waals surface area contributed by atoms with Crippen LogP contribution in [0.15, 0.2) is 24.3 Å². The fourth-order valence-corrected chi connectivity index (χ4v) is 3.68. The van der Waals surface area contributed by atoms with Crippen LogP contribution in [0.1, 0.15) is 10.4 Å². The van der Waals surface area contributed by atoms with Crippen LogP contribution in [0.2, 0.25) is 0 Å². The number of ether oxygens (including phenoxy) is 1. The van der Waals surface area contributed by atoms with Crippen LogP contribution < -0.4 is 15.6 Å². The van der Waals surface area contributed by atoms with Crippen LogP contribution in [0, 0.1) is 0 Å². The minimum Gasteiger partial charge on any atom is -0.497 e. The third kappa shape index (κ3) is 3.47. The molecule has 0 aliphatic carbocycles. The Morgan fingerprint density at radius 2 is 1.95 bits per heavy atom. The first kappa shape index (κ1) is 14.8. The van der Waals surface area contributed by atoms with Gasteiger partial charge in [0.1, 0.15) is 5.75 Å². The lowest BCUT2D eigenvalue weighted by Crippen LogP contribution is -2.49. The summed E-state index contributed by atoms with van der Waals surface area (Å²) < 4.78 is 27.6.